The van der Waals surface area contributed by atoms with Gasteiger partial charge in [-0.1, -0.05) is 19.8 Å². The molecule has 1 unspecified atom stereocenters. The van der Waals surface area contributed by atoms with Crippen LogP contribution in [0.15, 0.2) is 23.1 Å². The second kappa shape index (κ2) is 8.04. The van der Waals surface area contributed by atoms with Crippen molar-refractivity contribution in [2.45, 2.75) is 43.3 Å². The number of nitrogen functional groups attached to an aromatic ring is 1. The molecule has 0 saturated carbocycles. The van der Waals surface area contributed by atoms with Crippen molar-refractivity contribution in [3.63, 3.8) is 0 Å². The molecule has 0 saturated heterocycles. The molecule has 0 heterocycles. The fourth-order valence-electron chi connectivity index (χ4n) is 1.60. The monoisotopic (exact) mass is 284 g/mol. The van der Waals surface area contributed by atoms with Crippen molar-refractivity contribution in [3.05, 3.63) is 24.0 Å². The van der Waals surface area contributed by atoms with Gasteiger partial charge >= 0.3 is 0 Å². The minimum absolute atomic E-state index is 0.00942. The molecular weight excluding hydrogens is 263 g/mol. The number of thioether (sulfide) groups is 1. The van der Waals surface area contributed by atoms with Crippen molar-refractivity contribution < 1.29 is 9.18 Å². The Balaban J connectivity index is 2.45. The molecule has 0 aliphatic heterocycles. The van der Waals surface area contributed by atoms with E-state index in [0.717, 1.165) is 24.2 Å². The second-order valence-corrected chi connectivity index (χ2v) is 5.82. The average molecular weight is 284 g/mol. The topological polar surface area (TPSA) is 55.1 Å². The van der Waals surface area contributed by atoms with Crippen molar-refractivity contribution >= 4 is 23.4 Å². The van der Waals surface area contributed by atoms with E-state index >= 15 is 0 Å². The van der Waals surface area contributed by atoms with E-state index in [0.29, 0.717) is 12.2 Å². The first-order valence-electron chi connectivity index (χ1n) is 6.54. The number of carbonyl (C=O) groups excluding carboxylic acids is 1. The molecule has 0 fully saturated rings. The number of benzene rings is 1. The van der Waals surface area contributed by atoms with E-state index in [-0.39, 0.29) is 17.0 Å². The number of nitrogens with one attached hydrogen (secondary N) is 1. The Bertz CT molecular complexity index is 426. The summed E-state index contributed by atoms with van der Waals surface area (Å²) in [6, 6.07) is 4.23. The molecule has 1 atom stereocenters. The molecule has 106 valence electrons. The second-order valence-electron chi connectivity index (χ2n) is 4.44. The minimum Gasteiger partial charge on any atom is -0.398 e. The normalized spacial score (nSPS) is 12.2. The summed E-state index contributed by atoms with van der Waals surface area (Å²) < 4.78 is 12.9. The molecule has 1 aromatic carbocycles. The smallest absolute Gasteiger partial charge is 0.233 e. The highest BCUT2D eigenvalue weighted by Gasteiger charge is 2.15. The molecule has 19 heavy (non-hydrogen) atoms. The van der Waals surface area contributed by atoms with Gasteiger partial charge in [0, 0.05) is 17.1 Å². The number of amides is 1. The maximum atomic E-state index is 12.9. The molecule has 5 heteroatoms. The molecule has 0 aliphatic carbocycles. The van der Waals surface area contributed by atoms with E-state index in [1.807, 2.05) is 6.92 Å². The Morgan fingerprint density at radius 1 is 1.47 bits per heavy atom. The van der Waals surface area contributed by atoms with E-state index in [1.54, 1.807) is 6.07 Å². The number of hydrogen-bond donors (Lipinski definition) is 2. The number of nitrogens with two attached hydrogens (primary N) is 1. The summed E-state index contributed by atoms with van der Waals surface area (Å²) in [4.78, 5) is 12.6. The van der Waals surface area contributed by atoms with Gasteiger partial charge in [-0.2, -0.15) is 0 Å². The fourth-order valence-corrected chi connectivity index (χ4v) is 2.51. The summed E-state index contributed by atoms with van der Waals surface area (Å²) in [6.45, 7) is 4.65. The van der Waals surface area contributed by atoms with Crippen LogP contribution in [0, 0.1) is 5.82 Å². The maximum absolute atomic E-state index is 12.9. The summed E-state index contributed by atoms with van der Waals surface area (Å²) in [7, 11) is 0. The van der Waals surface area contributed by atoms with Gasteiger partial charge in [-0.25, -0.2) is 4.39 Å². The van der Waals surface area contributed by atoms with E-state index in [4.69, 9.17) is 5.73 Å². The van der Waals surface area contributed by atoms with Crippen molar-refractivity contribution in [2.24, 2.45) is 0 Å². The van der Waals surface area contributed by atoms with Gasteiger partial charge in [0.05, 0.1) is 5.25 Å². The lowest BCUT2D eigenvalue weighted by atomic mass is 10.2. The molecular formula is C14H21FN2OS. The Labute approximate surface area is 118 Å². The largest absolute Gasteiger partial charge is 0.398 e. The van der Waals surface area contributed by atoms with Gasteiger partial charge in [-0.3, -0.25) is 4.79 Å². The van der Waals surface area contributed by atoms with Crippen LogP contribution < -0.4 is 11.1 Å². The Morgan fingerprint density at radius 3 is 2.84 bits per heavy atom. The van der Waals surface area contributed by atoms with Gasteiger partial charge in [0.1, 0.15) is 5.82 Å². The lowest BCUT2D eigenvalue weighted by Gasteiger charge is -2.13. The Morgan fingerprint density at radius 2 is 2.21 bits per heavy atom. The standard InChI is InChI=1S/C14H21FN2OS/c1-3-4-5-8-17-14(18)10(2)19-13-7-6-11(15)9-12(13)16/h6-7,9-10H,3-5,8,16H2,1-2H3,(H,17,18). The summed E-state index contributed by atoms with van der Waals surface area (Å²) in [5, 5.41) is 2.65. The molecule has 3 nitrogen and oxygen atoms in total. The van der Waals surface area contributed by atoms with Crippen LogP contribution in [0.5, 0.6) is 0 Å². The number of anilines is 1. The first-order chi connectivity index (χ1) is 9.04. The molecule has 1 rings (SSSR count). The zero-order valence-electron chi connectivity index (χ0n) is 11.4. The third-order valence-electron chi connectivity index (χ3n) is 2.72. The number of rotatable bonds is 7. The van der Waals surface area contributed by atoms with E-state index in [2.05, 4.69) is 12.2 Å². The number of unbranched alkanes of at least 4 members (excludes halogenated alkanes) is 2. The van der Waals surface area contributed by atoms with Gasteiger partial charge in [-0.05, 0) is 31.5 Å². The van der Waals surface area contributed by atoms with Gasteiger partial charge < -0.3 is 11.1 Å². The summed E-state index contributed by atoms with van der Waals surface area (Å²) in [5.41, 5.74) is 6.09. The Kier molecular flexibility index (Phi) is 6.70. The highest BCUT2D eigenvalue weighted by Crippen LogP contribution is 2.29. The molecule has 1 amide bonds. The van der Waals surface area contributed by atoms with Crippen LogP contribution in [0.25, 0.3) is 0 Å². The van der Waals surface area contributed by atoms with Crippen LogP contribution in [0.1, 0.15) is 33.1 Å². The third kappa shape index (κ3) is 5.51. The van der Waals surface area contributed by atoms with Crippen molar-refractivity contribution in [3.8, 4) is 0 Å². The maximum Gasteiger partial charge on any atom is 0.233 e. The van der Waals surface area contributed by atoms with Crippen molar-refractivity contribution in [1.82, 2.24) is 5.32 Å². The number of halogens is 1. The van der Waals surface area contributed by atoms with Crippen LogP contribution >= 0.6 is 11.8 Å². The van der Waals surface area contributed by atoms with Crippen LogP contribution in [0.3, 0.4) is 0 Å². The summed E-state index contributed by atoms with van der Waals surface area (Å²) >= 11 is 1.35. The van der Waals surface area contributed by atoms with Crippen molar-refractivity contribution in [2.75, 3.05) is 12.3 Å². The molecule has 0 aromatic heterocycles. The lowest BCUT2D eigenvalue weighted by Crippen LogP contribution is -2.31. The SMILES string of the molecule is CCCCCNC(=O)C(C)Sc1ccc(F)cc1N. The molecule has 0 bridgehead atoms. The van der Waals surface area contributed by atoms with Gasteiger partial charge in [0.25, 0.3) is 0 Å². The lowest BCUT2D eigenvalue weighted by molar-refractivity contribution is -0.120. The Hall–Kier alpha value is -1.23. The average Bonchev–Trinajstić information content (AvgIpc) is 2.37. The van der Waals surface area contributed by atoms with Crippen LogP contribution in [0.4, 0.5) is 10.1 Å². The van der Waals surface area contributed by atoms with E-state index < -0.39 is 0 Å². The first-order valence-corrected chi connectivity index (χ1v) is 7.42. The minimum atomic E-state index is -0.362. The molecule has 1 aromatic rings. The van der Waals surface area contributed by atoms with Crippen molar-refractivity contribution in [1.29, 1.82) is 0 Å². The summed E-state index contributed by atoms with van der Waals surface area (Å²) in [5.74, 6) is -0.372. The third-order valence-corrected chi connectivity index (χ3v) is 3.92. The van der Waals surface area contributed by atoms with E-state index in [1.165, 1.54) is 23.9 Å². The predicted octanol–water partition coefficient (Wildman–Crippen LogP) is 3.19. The summed E-state index contributed by atoms with van der Waals surface area (Å²) in [6.07, 6.45) is 3.25. The highest BCUT2D eigenvalue weighted by atomic mass is 32.2. The quantitative estimate of drug-likeness (QED) is 0.459. The van der Waals surface area contributed by atoms with Gasteiger partial charge in [0.2, 0.25) is 5.91 Å². The van der Waals surface area contributed by atoms with Gasteiger partial charge in [0.15, 0.2) is 0 Å². The zero-order valence-corrected chi connectivity index (χ0v) is 12.2. The van der Waals surface area contributed by atoms with Crippen LogP contribution in [-0.2, 0) is 4.79 Å². The number of carbonyl (C=O) groups is 1. The van der Waals surface area contributed by atoms with Crippen LogP contribution in [-0.4, -0.2) is 17.7 Å². The molecule has 0 aliphatic rings. The first kappa shape index (κ1) is 15.8. The van der Waals surface area contributed by atoms with Crippen LogP contribution in [0.2, 0.25) is 0 Å². The van der Waals surface area contributed by atoms with Gasteiger partial charge in [-0.15, -0.1) is 11.8 Å². The predicted molar refractivity (Wildman–Crippen MR) is 78.7 cm³/mol. The number of hydrogen-bond acceptors (Lipinski definition) is 3. The van der Waals surface area contributed by atoms with E-state index in [9.17, 15) is 9.18 Å². The molecule has 0 radical (unpaired) electrons. The molecule has 3 N–H and O–H groups in total. The zero-order chi connectivity index (χ0) is 14.3. The molecule has 0 spiro atoms. The highest BCUT2D eigenvalue weighted by molar-refractivity contribution is 8.00. The fraction of sp³-hybridized carbons (Fsp3) is 0.500.